The third-order valence-corrected chi connectivity index (χ3v) is 7.91. The van der Waals surface area contributed by atoms with Crippen LogP contribution in [-0.2, 0) is 7.05 Å². The molecule has 3 aromatic rings. The van der Waals surface area contributed by atoms with Crippen LogP contribution in [0, 0.1) is 5.41 Å². The first-order valence-electron chi connectivity index (χ1n) is 11.3. The topological polar surface area (TPSA) is 37.2 Å². The van der Waals surface area contributed by atoms with E-state index in [2.05, 4.69) is 74.1 Å². The third kappa shape index (κ3) is 4.51. The normalized spacial score (nSPS) is 18.3. The molecule has 3 heterocycles. The minimum Gasteiger partial charge on any atom is -0.370 e. The number of piperidine rings is 1. The molecule has 0 atom stereocenters. The minimum atomic E-state index is 0.563. The van der Waals surface area contributed by atoms with Crippen molar-refractivity contribution < 1.29 is 0 Å². The Bertz CT molecular complexity index is 972. The van der Waals surface area contributed by atoms with Crippen molar-refractivity contribution in [1.29, 1.82) is 0 Å². The van der Waals surface area contributed by atoms with E-state index in [9.17, 15) is 0 Å². The van der Waals surface area contributed by atoms with Crippen LogP contribution in [-0.4, -0.2) is 58.1 Å². The first kappa shape index (κ1) is 20.6. The quantitative estimate of drug-likeness (QED) is 0.403. The van der Waals surface area contributed by atoms with Gasteiger partial charge in [0, 0.05) is 42.6 Å². The molecule has 6 heteroatoms. The van der Waals surface area contributed by atoms with Crippen molar-refractivity contribution in [3.05, 3.63) is 60.7 Å². The molecule has 5 rings (SSSR count). The van der Waals surface area contributed by atoms with E-state index in [0.29, 0.717) is 5.41 Å². The van der Waals surface area contributed by atoms with Gasteiger partial charge in [0.25, 0.3) is 0 Å². The Morgan fingerprint density at radius 2 is 1.58 bits per heavy atom. The number of thioether (sulfide) groups is 1. The van der Waals surface area contributed by atoms with Crippen molar-refractivity contribution in [3.8, 4) is 11.4 Å². The maximum absolute atomic E-state index is 4.40. The molecule has 2 aliphatic heterocycles. The molecule has 0 N–H and O–H groups in total. The number of hydrogen-bond acceptors (Lipinski definition) is 5. The van der Waals surface area contributed by atoms with Crippen LogP contribution in [0.4, 0.5) is 5.69 Å². The van der Waals surface area contributed by atoms with Crippen LogP contribution in [0.5, 0.6) is 0 Å². The zero-order chi connectivity index (χ0) is 21.1. The minimum absolute atomic E-state index is 0.563. The Hall–Kier alpha value is -2.31. The fourth-order valence-corrected chi connectivity index (χ4v) is 5.72. The summed E-state index contributed by atoms with van der Waals surface area (Å²) in [7, 11) is 2.06. The lowest BCUT2D eigenvalue weighted by Gasteiger charge is -2.55. The molecular formula is C25H31N5S. The summed E-state index contributed by atoms with van der Waals surface area (Å²) in [6.45, 7) is 6.15. The summed E-state index contributed by atoms with van der Waals surface area (Å²) < 4.78 is 2.11. The van der Waals surface area contributed by atoms with E-state index in [1.54, 1.807) is 0 Å². The number of aromatic nitrogens is 3. The molecule has 2 fully saturated rings. The highest BCUT2D eigenvalue weighted by Crippen LogP contribution is 2.42. The number of rotatable bonds is 7. The van der Waals surface area contributed by atoms with E-state index in [4.69, 9.17) is 0 Å². The van der Waals surface area contributed by atoms with E-state index in [1.165, 1.54) is 57.7 Å². The van der Waals surface area contributed by atoms with E-state index in [0.717, 1.165) is 22.3 Å². The maximum Gasteiger partial charge on any atom is 0.191 e. The number of nitrogens with zero attached hydrogens (tertiary/aromatic N) is 5. The second-order valence-electron chi connectivity index (χ2n) is 8.97. The molecule has 0 bridgehead atoms. The fourth-order valence-electron chi connectivity index (χ4n) is 4.88. The zero-order valence-electron chi connectivity index (χ0n) is 18.3. The van der Waals surface area contributed by atoms with Gasteiger partial charge in [0.05, 0.1) is 0 Å². The molecule has 162 valence electrons. The van der Waals surface area contributed by atoms with Crippen LogP contribution in [0.15, 0.2) is 65.8 Å². The molecule has 1 spiro atoms. The van der Waals surface area contributed by atoms with Gasteiger partial charge in [-0.25, -0.2) is 0 Å². The first-order chi connectivity index (χ1) is 15.2. The maximum atomic E-state index is 4.40. The molecule has 2 aliphatic rings. The monoisotopic (exact) mass is 433 g/mol. The predicted molar refractivity (Wildman–Crippen MR) is 129 cm³/mol. The first-order valence-corrected chi connectivity index (χ1v) is 12.3. The summed E-state index contributed by atoms with van der Waals surface area (Å²) in [6.07, 6.45) is 3.88. The average Bonchev–Trinajstić information content (AvgIpc) is 3.17. The van der Waals surface area contributed by atoms with Crippen molar-refractivity contribution in [1.82, 2.24) is 19.7 Å². The van der Waals surface area contributed by atoms with Gasteiger partial charge in [-0.05, 0) is 51.0 Å². The molecule has 0 unspecified atom stereocenters. The largest absolute Gasteiger partial charge is 0.370 e. The molecule has 2 saturated heterocycles. The van der Waals surface area contributed by atoms with Crippen LogP contribution < -0.4 is 4.90 Å². The Morgan fingerprint density at radius 1 is 0.903 bits per heavy atom. The number of likely N-dealkylation sites (tertiary alicyclic amines) is 1. The van der Waals surface area contributed by atoms with Gasteiger partial charge in [0.2, 0.25) is 0 Å². The standard InChI is InChI=1S/C25H31N5S/c1-28-23(21-9-4-2-5-10-21)26-27-24(28)31-18-8-15-29-16-13-25(14-17-29)19-30(20-25)22-11-6-3-7-12-22/h2-7,9-12H,8,13-20H2,1H3. The smallest absolute Gasteiger partial charge is 0.191 e. The second kappa shape index (κ2) is 9.05. The summed E-state index contributed by atoms with van der Waals surface area (Å²) in [6, 6.07) is 21.1. The Kier molecular flexibility index (Phi) is 6.01. The highest BCUT2D eigenvalue weighted by atomic mass is 32.2. The van der Waals surface area contributed by atoms with Gasteiger partial charge in [-0.1, -0.05) is 60.3 Å². The van der Waals surface area contributed by atoms with Crippen molar-refractivity contribution >= 4 is 17.4 Å². The molecule has 31 heavy (non-hydrogen) atoms. The van der Waals surface area contributed by atoms with Crippen molar-refractivity contribution in [2.45, 2.75) is 24.4 Å². The molecule has 0 saturated carbocycles. The van der Waals surface area contributed by atoms with Gasteiger partial charge in [-0.15, -0.1) is 10.2 Å². The van der Waals surface area contributed by atoms with Gasteiger partial charge >= 0.3 is 0 Å². The van der Waals surface area contributed by atoms with Crippen molar-refractivity contribution in [3.63, 3.8) is 0 Å². The van der Waals surface area contributed by atoms with Gasteiger partial charge < -0.3 is 14.4 Å². The van der Waals surface area contributed by atoms with Crippen LogP contribution in [0.3, 0.4) is 0 Å². The van der Waals surface area contributed by atoms with Crippen molar-refractivity contribution in [2.24, 2.45) is 12.5 Å². The Morgan fingerprint density at radius 3 is 2.29 bits per heavy atom. The molecule has 0 radical (unpaired) electrons. The highest BCUT2D eigenvalue weighted by Gasteiger charge is 2.44. The lowest BCUT2D eigenvalue weighted by molar-refractivity contribution is 0.0767. The third-order valence-electron chi connectivity index (χ3n) is 6.81. The molecule has 0 aliphatic carbocycles. The number of anilines is 1. The summed E-state index contributed by atoms with van der Waals surface area (Å²) >= 11 is 1.82. The van der Waals surface area contributed by atoms with E-state index >= 15 is 0 Å². The van der Waals surface area contributed by atoms with E-state index in [-0.39, 0.29) is 0 Å². The lowest BCUT2D eigenvalue weighted by Crippen LogP contribution is -2.60. The highest BCUT2D eigenvalue weighted by molar-refractivity contribution is 7.99. The zero-order valence-corrected chi connectivity index (χ0v) is 19.1. The molecule has 1 aromatic heterocycles. The van der Waals surface area contributed by atoms with Crippen LogP contribution >= 0.6 is 11.8 Å². The van der Waals surface area contributed by atoms with Gasteiger partial charge in [-0.3, -0.25) is 0 Å². The number of benzene rings is 2. The molecule has 2 aromatic carbocycles. The van der Waals surface area contributed by atoms with E-state index in [1.807, 2.05) is 30.0 Å². The molecule has 5 nitrogen and oxygen atoms in total. The second-order valence-corrected chi connectivity index (χ2v) is 10.0. The summed E-state index contributed by atoms with van der Waals surface area (Å²) in [5.41, 5.74) is 3.06. The Labute approximate surface area is 189 Å². The van der Waals surface area contributed by atoms with Gasteiger partial charge in [-0.2, -0.15) is 0 Å². The lowest BCUT2D eigenvalue weighted by atomic mass is 9.71. The summed E-state index contributed by atoms with van der Waals surface area (Å²) in [5.74, 6) is 2.03. The number of hydrogen-bond donors (Lipinski definition) is 0. The van der Waals surface area contributed by atoms with Gasteiger partial charge in [0.1, 0.15) is 0 Å². The SMILES string of the molecule is Cn1c(SCCCN2CCC3(CC2)CN(c2ccccc2)C3)nnc1-c1ccccc1. The molecule has 0 amide bonds. The summed E-state index contributed by atoms with van der Waals surface area (Å²) in [5, 5.41) is 9.80. The van der Waals surface area contributed by atoms with Gasteiger partial charge in [0.15, 0.2) is 11.0 Å². The van der Waals surface area contributed by atoms with Crippen LogP contribution in [0.25, 0.3) is 11.4 Å². The van der Waals surface area contributed by atoms with E-state index < -0.39 is 0 Å². The van der Waals surface area contributed by atoms with Crippen LogP contribution in [0.2, 0.25) is 0 Å². The predicted octanol–water partition coefficient (Wildman–Crippen LogP) is 4.57. The average molecular weight is 434 g/mol. The summed E-state index contributed by atoms with van der Waals surface area (Å²) in [4.78, 5) is 5.19. The fraction of sp³-hybridized carbons (Fsp3) is 0.440. The molecular weight excluding hydrogens is 402 g/mol. The van der Waals surface area contributed by atoms with Crippen molar-refractivity contribution in [2.75, 3.05) is 43.4 Å². The Balaban J connectivity index is 1.03. The van der Waals surface area contributed by atoms with Crippen LogP contribution in [0.1, 0.15) is 19.3 Å². The number of para-hydroxylation sites is 1.